The van der Waals surface area contributed by atoms with Crippen LogP contribution in [0.25, 0.3) is 9.88 Å². The molecule has 3 aromatic rings. The van der Waals surface area contributed by atoms with E-state index < -0.39 is 0 Å². The van der Waals surface area contributed by atoms with Gasteiger partial charge < -0.3 is 10.1 Å². The molecule has 0 aliphatic carbocycles. The van der Waals surface area contributed by atoms with Gasteiger partial charge in [0, 0.05) is 18.5 Å². The van der Waals surface area contributed by atoms with Crippen LogP contribution in [-0.2, 0) is 17.8 Å². The standard InChI is InChI=1S/C23H26ClN3O2S2/c1-29-19-4-2-17(3-5-19)14-27-10-8-16(9-11-27)13-25-22(28)12-18-15-30-23(26-18)20-6-7-21(24)31-20/h2-7,15-16H,8-14H2,1H3,(H,25,28). The Labute approximate surface area is 196 Å². The summed E-state index contributed by atoms with van der Waals surface area (Å²) in [5.74, 6) is 1.47. The van der Waals surface area contributed by atoms with E-state index in [0.717, 1.165) is 64.7 Å². The van der Waals surface area contributed by atoms with Crippen molar-refractivity contribution in [3.05, 3.63) is 57.4 Å². The third-order valence-electron chi connectivity index (χ3n) is 5.54. The fourth-order valence-electron chi connectivity index (χ4n) is 3.75. The van der Waals surface area contributed by atoms with Gasteiger partial charge in [-0.15, -0.1) is 22.7 Å². The topological polar surface area (TPSA) is 54.5 Å². The van der Waals surface area contributed by atoms with Crippen molar-refractivity contribution >= 4 is 40.2 Å². The zero-order chi connectivity index (χ0) is 21.6. The summed E-state index contributed by atoms with van der Waals surface area (Å²) in [5.41, 5.74) is 2.12. The number of nitrogens with zero attached hydrogens (tertiary/aromatic N) is 2. The lowest BCUT2D eigenvalue weighted by Gasteiger charge is -2.32. The molecule has 0 spiro atoms. The molecule has 0 atom stereocenters. The molecule has 0 unspecified atom stereocenters. The van der Waals surface area contributed by atoms with Crippen LogP contribution in [0.5, 0.6) is 5.75 Å². The Morgan fingerprint density at radius 3 is 2.68 bits per heavy atom. The second kappa shape index (κ2) is 10.6. The van der Waals surface area contributed by atoms with Crippen molar-refractivity contribution in [2.75, 3.05) is 26.7 Å². The number of thiophene rings is 1. The first kappa shape index (κ1) is 22.3. The number of aromatic nitrogens is 1. The summed E-state index contributed by atoms with van der Waals surface area (Å²) < 4.78 is 5.97. The van der Waals surface area contributed by atoms with Gasteiger partial charge in [-0.2, -0.15) is 0 Å². The van der Waals surface area contributed by atoms with Gasteiger partial charge >= 0.3 is 0 Å². The molecule has 1 amide bonds. The minimum atomic E-state index is 0.0433. The maximum Gasteiger partial charge on any atom is 0.226 e. The van der Waals surface area contributed by atoms with Crippen molar-refractivity contribution in [1.82, 2.24) is 15.2 Å². The van der Waals surface area contributed by atoms with Gasteiger partial charge in [-0.25, -0.2) is 4.98 Å². The molecule has 0 saturated carbocycles. The molecule has 0 radical (unpaired) electrons. The molecule has 3 heterocycles. The van der Waals surface area contributed by atoms with Crippen LogP contribution in [0.1, 0.15) is 24.1 Å². The van der Waals surface area contributed by atoms with E-state index in [1.165, 1.54) is 16.9 Å². The number of hydrogen-bond donors (Lipinski definition) is 1. The van der Waals surface area contributed by atoms with Crippen LogP contribution in [0, 0.1) is 5.92 Å². The number of nitrogens with one attached hydrogen (secondary N) is 1. The van der Waals surface area contributed by atoms with Gasteiger partial charge in [0.15, 0.2) is 0 Å². The summed E-state index contributed by atoms with van der Waals surface area (Å²) in [6, 6.07) is 12.1. The highest BCUT2D eigenvalue weighted by molar-refractivity contribution is 7.23. The third kappa shape index (κ3) is 6.29. The van der Waals surface area contributed by atoms with E-state index in [0.29, 0.717) is 12.3 Å². The molecule has 1 aliphatic rings. The minimum Gasteiger partial charge on any atom is -0.497 e. The normalized spacial score (nSPS) is 15.2. The monoisotopic (exact) mass is 475 g/mol. The highest BCUT2D eigenvalue weighted by Gasteiger charge is 2.20. The number of thiazole rings is 1. The van der Waals surface area contributed by atoms with Crippen molar-refractivity contribution in [1.29, 1.82) is 0 Å². The molecule has 1 aromatic carbocycles. The van der Waals surface area contributed by atoms with E-state index in [1.54, 1.807) is 18.4 Å². The molecule has 2 aromatic heterocycles. The van der Waals surface area contributed by atoms with Gasteiger partial charge in [0.1, 0.15) is 10.8 Å². The molecule has 164 valence electrons. The molecule has 8 heteroatoms. The van der Waals surface area contributed by atoms with Crippen LogP contribution < -0.4 is 10.1 Å². The Hall–Kier alpha value is -1.93. The Kier molecular flexibility index (Phi) is 7.61. The fraction of sp³-hybridized carbons (Fsp3) is 0.391. The molecule has 0 bridgehead atoms. The van der Waals surface area contributed by atoms with Gasteiger partial charge in [-0.05, 0) is 61.7 Å². The van der Waals surface area contributed by atoms with Gasteiger partial charge in [-0.1, -0.05) is 23.7 Å². The zero-order valence-corrected chi connectivity index (χ0v) is 19.9. The van der Waals surface area contributed by atoms with Crippen LogP contribution in [0.15, 0.2) is 41.8 Å². The SMILES string of the molecule is COc1ccc(CN2CCC(CNC(=O)Cc3csc(-c4ccc(Cl)s4)n3)CC2)cc1. The molecule has 31 heavy (non-hydrogen) atoms. The summed E-state index contributed by atoms with van der Waals surface area (Å²) >= 11 is 9.06. The maximum atomic E-state index is 12.4. The first-order chi connectivity index (χ1) is 15.1. The molecule has 4 rings (SSSR count). The number of hydrogen-bond acceptors (Lipinski definition) is 6. The Morgan fingerprint density at radius 2 is 2.00 bits per heavy atom. The molecule has 5 nitrogen and oxygen atoms in total. The predicted octanol–water partition coefficient (Wildman–Crippen LogP) is 5.10. The second-order valence-corrected chi connectivity index (χ2v) is 10.4. The largest absolute Gasteiger partial charge is 0.497 e. The molecule has 1 fully saturated rings. The molecular formula is C23H26ClN3O2S2. The minimum absolute atomic E-state index is 0.0433. The Bertz CT molecular complexity index is 994. The van der Waals surface area contributed by atoms with Gasteiger partial charge in [0.2, 0.25) is 5.91 Å². The van der Waals surface area contributed by atoms with E-state index in [2.05, 4.69) is 27.3 Å². The lowest BCUT2D eigenvalue weighted by Crippen LogP contribution is -2.38. The number of ether oxygens (including phenoxy) is 1. The number of piperidine rings is 1. The third-order valence-corrected chi connectivity index (χ3v) is 7.83. The highest BCUT2D eigenvalue weighted by Crippen LogP contribution is 2.33. The summed E-state index contributed by atoms with van der Waals surface area (Å²) in [6.07, 6.45) is 2.54. The Balaban J connectivity index is 1.17. The van der Waals surface area contributed by atoms with Crippen molar-refractivity contribution in [3.63, 3.8) is 0 Å². The van der Waals surface area contributed by atoms with Crippen LogP contribution in [0.3, 0.4) is 0 Å². The van der Waals surface area contributed by atoms with E-state index >= 15 is 0 Å². The summed E-state index contributed by atoms with van der Waals surface area (Å²) in [5, 5.41) is 5.98. The number of benzene rings is 1. The maximum absolute atomic E-state index is 12.4. The van der Waals surface area contributed by atoms with Crippen LogP contribution in [0.4, 0.5) is 0 Å². The molecule has 1 aliphatic heterocycles. The fourth-order valence-corrected chi connectivity index (χ4v) is 5.69. The van der Waals surface area contributed by atoms with Crippen LogP contribution in [0.2, 0.25) is 4.34 Å². The van der Waals surface area contributed by atoms with E-state index in [9.17, 15) is 4.79 Å². The van der Waals surface area contributed by atoms with Crippen molar-refractivity contribution in [2.24, 2.45) is 5.92 Å². The number of carbonyl (C=O) groups is 1. The first-order valence-corrected chi connectivity index (χ1v) is 12.5. The van der Waals surface area contributed by atoms with Crippen molar-refractivity contribution in [3.8, 4) is 15.6 Å². The molecular weight excluding hydrogens is 450 g/mol. The summed E-state index contributed by atoms with van der Waals surface area (Å²) in [7, 11) is 1.69. The predicted molar refractivity (Wildman–Crippen MR) is 128 cm³/mol. The summed E-state index contributed by atoms with van der Waals surface area (Å²) in [6.45, 7) is 3.83. The molecule has 1 N–H and O–H groups in total. The van der Waals surface area contributed by atoms with Crippen molar-refractivity contribution < 1.29 is 9.53 Å². The van der Waals surface area contributed by atoms with Gasteiger partial charge in [-0.3, -0.25) is 9.69 Å². The van der Waals surface area contributed by atoms with Gasteiger partial charge in [0.25, 0.3) is 0 Å². The lowest BCUT2D eigenvalue weighted by atomic mass is 9.96. The zero-order valence-electron chi connectivity index (χ0n) is 17.5. The average molecular weight is 476 g/mol. The Morgan fingerprint density at radius 1 is 1.23 bits per heavy atom. The lowest BCUT2D eigenvalue weighted by molar-refractivity contribution is -0.120. The van der Waals surface area contributed by atoms with Crippen LogP contribution >= 0.6 is 34.3 Å². The number of amides is 1. The summed E-state index contributed by atoms with van der Waals surface area (Å²) in [4.78, 5) is 20.5. The first-order valence-electron chi connectivity index (χ1n) is 10.4. The van der Waals surface area contributed by atoms with Gasteiger partial charge in [0.05, 0.1) is 28.4 Å². The quantitative estimate of drug-likeness (QED) is 0.492. The number of methoxy groups -OCH3 is 1. The number of rotatable bonds is 8. The average Bonchev–Trinajstić information content (AvgIpc) is 3.43. The smallest absolute Gasteiger partial charge is 0.226 e. The van der Waals surface area contributed by atoms with E-state index in [1.807, 2.05) is 29.6 Å². The van der Waals surface area contributed by atoms with E-state index in [4.69, 9.17) is 16.3 Å². The molecule has 1 saturated heterocycles. The number of likely N-dealkylation sites (tertiary alicyclic amines) is 1. The second-order valence-electron chi connectivity index (χ2n) is 7.80. The number of carbonyl (C=O) groups excluding carboxylic acids is 1. The van der Waals surface area contributed by atoms with Crippen LogP contribution in [-0.4, -0.2) is 42.5 Å². The van der Waals surface area contributed by atoms with E-state index in [-0.39, 0.29) is 5.91 Å². The van der Waals surface area contributed by atoms with Crippen molar-refractivity contribution in [2.45, 2.75) is 25.8 Å². The highest BCUT2D eigenvalue weighted by atomic mass is 35.5. The number of halogens is 1.